The van der Waals surface area contributed by atoms with Crippen LogP contribution in [0.2, 0.25) is 0 Å². The van der Waals surface area contributed by atoms with E-state index in [1.807, 2.05) is 6.92 Å². The van der Waals surface area contributed by atoms with Crippen molar-refractivity contribution in [3.8, 4) is 0 Å². The van der Waals surface area contributed by atoms with Gasteiger partial charge in [-0.05, 0) is 31.8 Å². The average molecular weight is 142 g/mol. The van der Waals surface area contributed by atoms with E-state index in [1.54, 1.807) is 0 Å². The molecule has 0 unspecified atom stereocenters. The molecular weight excluding hydrogens is 131 g/mol. The first kappa shape index (κ1) is 6.35. The number of hydrogen-bond donors (Lipinski definition) is 0. The van der Waals surface area contributed by atoms with E-state index in [-0.39, 0.29) is 11.9 Å². The molecule has 2 aliphatic rings. The second kappa shape index (κ2) is 2.06. The fourth-order valence-electron chi connectivity index (χ4n) is 1.76. The van der Waals surface area contributed by atoms with E-state index in [0.29, 0.717) is 6.10 Å². The van der Waals surface area contributed by atoms with Crippen molar-refractivity contribution < 1.29 is 9.13 Å². The highest BCUT2D eigenvalue weighted by Crippen LogP contribution is 2.36. The molecule has 2 heteroatoms. The van der Waals surface area contributed by atoms with Crippen LogP contribution in [-0.2, 0) is 4.74 Å². The van der Waals surface area contributed by atoms with Crippen molar-refractivity contribution in [1.82, 2.24) is 0 Å². The van der Waals surface area contributed by atoms with Crippen LogP contribution in [0.25, 0.3) is 0 Å². The minimum absolute atomic E-state index is 0.00579. The van der Waals surface area contributed by atoms with Crippen LogP contribution < -0.4 is 0 Å². The van der Waals surface area contributed by atoms with Gasteiger partial charge in [0.15, 0.2) is 0 Å². The molecule has 0 radical (unpaired) electrons. The van der Waals surface area contributed by atoms with Crippen molar-refractivity contribution in [3.63, 3.8) is 0 Å². The first-order valence-corrected chi connectivity index (χ1v) is 3.78. The Balaban J connectivity index is 2.28. The molecule has 0 saturated carbocycles. The van der Waals surface area contributed by atoms with E-state index < -0.39 is 0 Å². The molecule has 0 aliphatic carbocycles. The van der Waals surface area contributed by atoms with Crippen LogP contribution in [0.1, 0.15) is 26.2 Å². The number of fused-ring (bicyclic) bond motifs is 2. The van der Waals surface area contributed by atoms with E-state index in [1.165, 1.54) is 0 Å². The van der Waals surface area contributed by atoms with Gasteiger partial charge in [0.2, 0.25) is 0 Å². The number of ether oxygens (including phenoxy) is 1. The average Bonchev–Trinajstić information content (AvgIpc) is 2.29. The fourth-order valence-corrected chi connectivity index (χ4v) is 1.76. The summed E-state index contributed by atoms with van der Waals surface area (Å²) in [7, 11) is 0. The maximum Gasteiger partial charge on any atom is 0.128 e. The number of halogens is 1. The van der Waals surface area contributed by atoms with Gasteiger partial charge in [-0.3, -0.25) is 0 Å². The number of rotatable bonds is 0. The Morgan fingerprint density at radius 1 is 1.50 bits per heavy atom. The molecule has 2 aliphatic heterocycles. The molecule has 0 aromatic heterocycles. The van der Waals surface area contributed by atoms with Crippen molar-refractivity contribution in [1.29, 1.82) is 0 Å². The number of hydrogen-bond acceptors (Lipinski definition) is 1. The van der Waals surface area contributed by atoms with Crippen LogP contribution in [0.15, 0.2) is 11.4 Å². The van der Waals surface area contributed by atoms with Crippen LogP contribution in [-0.4, -0.2) is 12.2 Å². The Hall–Kier alpha value is -0.370. The van der Waals surface area contributed by atoms with Crippen molar-refractivity contribution in [2.24, 2.45) is 0 Å². The third kappa shape index (κ3) is 0.788. The highest BCUT2D eigenvalue weighted by atomic mass is 19.1. The molecule has 0 spiro atoms. The topological polar surface area (TPSA) is 9.23 Å². The van der Waals surface area contributed by atoms with E-state index in [9.17, 15) is 4.39 Å². The molecule has 2 bridgehead atoms. The zero-order valence-electron chi connectivity index (χ0n) is 6.06. The maximum absolute atomic E-state index is 13.0. The minimum Gasteiger partial charge on any atom is -0.368 e. The van der Waals surface area contributed by atoms with Crippen molar-refractivity contribution in [3.05, 3.63) is 11.4 Å². The van der Waals surface area contributed by atoms with Crippen molar-refractivity contribution in [2.75, 3.05) is 0 Å². The van der Waals surface area contributed by atoms with Gasteiger partial charge in [0, 0.05) is 0 Å². The zero-order chi connectivity index (χ0) is 7.14. The van der Waals surface area contributed by atoms with Crippen LogP contribution >= 0.6 is 0 Å². The second-order valence-corrected chi connectivity index (χ2v) is 3.16. The van der Waals surface area contributed by atoms with Crippen LogP contribution in [0, 0.1) is 0 Å². The Bertz CT molecular complexity index is 186. The van der Waals surface area contributed by atoms with Gasteiger partial charge in [0.25, 0.3) is 0 Å². The smallest absolute Gasteiger partial charge is 0.128 e. The standard InChI is InChI=1S/C8H11FO/c1-5-4-6-2-3-7(10-6)8(5)9/h6-7H,2-4H2,1H3/t6-,7+/m1/s1. The lowest BCUT2D eigenvalue weighted by atomic mass is 10.1. The lowest BCUT2D eigenvalue weighted by molar-refractivity contribution is 0.0387. The molecule has 2 rings (SSSR count). The lowest BCUT2D eigenvalue weighted by Crippen LogP contribution is -2.18. The largest absolute Gasteiger partial charge is 0.368 e. The monoisotopic (exact) mass is 142 g/mol. The van der Waals surface area contributed by atoms with E-state index in [0.717, 1.165) is 24.8 Å². The molecule has 0 amide bonds. The summed E-state index contributed by atoms with van der Waals surface area (Å²) in [5.41, 5.74) is 0.902. The van der Waals surface area contributed by atoms with Crippen LogP contribution in [0.4, 0.5) is 4.39 Å². The summed E-state index contributed by atoms with van der Waals surface area (Å²) in [4.78, 5) is 0. The third-order valence-electron chi connectivity index (χ3n) is 2.33. The van der Waals surface area contributed by atoms with Crippen molar-refractivity contribution in [2.45, 2.75) is 38.4 Å². The quantitative estimate of drug-likeness (QED) is 0.503. The molecular formula is C8H11FO. The molecule has 2 atom stereocenters. The normalized spacial score (nSPS) is 39.0. The molecule has 0 aromatic rings. The predicted octanol–water partition coefficient (Wildman–Crippen LogP) is 2.18. The van der Waals surface area contributed by atoms with Gasteiger partial charge >= 0.3 is 0 Å². The van der Waals surface area contributed by atoms with E-state index >= 15 is 0 Å². The highest BCUT2D eigenvalue weighted by molar-refractivity contribution is 5.16. The molecule has 1 fully saturated rings. The first-order chi connectivity index (χ1) is 4.77. The van der Waals surface area contributed by atoms with Gasteiger partial charge in [-0.15, -0.1) is 0 Å². The summed E-state index contributed by atoms with van der Waals surface area (Å²) in [5, 5.41) is 0. The highest BCUT2D eigenvalue weighted by Gasteiger charge is 2.34. The molecule has 0 N–H and O–H groups in total. The van der Waals surface area contributed by atoms with E-state index in [2.05, 4.69) is 0 Å². The lowest BCUT2D eigenvalue weighted by Gasteiger charge is -2.19. The molecule has 1 saturated heterocycles. The molecule has 1 nitrogen and oxygen atoms in total. The van der Waals surface area contributed by atoms with Gasteiger partial charge in [-0.25, -0.2) is 4.39 Å². The fraction of sp³-hybridized carbons (Fsp3) is 0.750. The Labute approximate surface area is 59.9 Å². The third-order valence-corrected chi connectivity index (χ3v) is 2.33. The Morgan fingerprint density at radius 2 is 2.30 bits per heavy atom. The summed E-state index contributed by atoms with van der Waals surface area (Å²) >= 11 is 0. The van der Waals surface area contributed by atoms with Gasteiger partial charge in [0.1, 0.15) is 11.9 Å². The SMILES string of the molecule is CC1=C(F)[C@@H]2CC[C@H](C1)O2. The molecule has 10 heavy (non-hydrogen) atoms. The van der Waals surface area contributed by atoms with Gasteiger partial charge in [-0.2, -0.15) is 0 Å². The summed E-state index contributed by atoms with van der Waals surface area (Å²) < 4.78 is 18.4. The first-order valence-electron chi connectivity index (χ1n) is 3.78. The Morgan fingerprint density at radius 3 is 3.10 bits per heavy atom. The molecule has 56 valence electrons. The molecule has 0 aromatic carbocycles. The predicted molar refractivity (Wildman–Crippen MR) is 36.3 cm³/mol. The summed E-state index contributed by atoms with van der Waals surface area (Å²) in [6.45, 7) is 1.86. The van der Waals surface area contributed by atoms with Crippen LogP contribution in [0.5, 0.6) is 0 Å². The summed E-state index contributed by atoms with van der Waals surface area (Å²) in [6, 6.07) is 0. The molecule has 2 heterocycles. The minimum atomic E-state index is -0.182. The Kier molecular flexibility index (Phi) is 1.31. The van der Waals surface area contributed by atoms with E-state index in [4.69, 9.17) is 4.74 Å². The summed E-state index contributed by atoms with van der Waals surface area (Å²) in [6.07, 6.45) is 2.87. The van der Waals surface area contributed by atoms with Gasteiger partial charge in [-0.1, -0.05) is 0 Å². The van der Waals surface area contributed by atoms with Gasteiger partial charge < -0.3 is 4.74 Å². The second-order valence-electron chi connectivity index (χ2n) is 3.16. The van der Waals surface area contributed by atoms with Crippen LogP contribution in [0.3, 0.4) is 0 Å². The zero-order valence-corrected chi connectivity index (χ0v) is 6.06. The van der Waals surface area contributed by atoms with Gasteiger partial charge in [0.05, 0.1) is 6.10 Å². The summed E-state index contributed by atoms with van der Waals surface area (Å²) in [5.74, 6) is -0.00579. The maximum atomic E-state index is 13.0. The van der Waals surface area contributed by atoms with Crippen molar-refractivity contribution >= 4 is 0 Å².